The van der Waals surface area contributed by atoms with Crippen LogP contribution in [0.25, 0.3) is 0 Å². The van der Waals surface area contributed by atoms with Gasteiger partial charge in [0.2, 0.25) is 5.91 Å². The molecule has 0 aromatic heterocycles. The van der Waals surface area contributed by atoms with Crippen molar-refractivity contribution in [1.82, 2.24) is 5.32 Å². The molecule has 0 spiro atoms. The van der Waals surface area contributed by atoms with Crippen molar-refractivity contribution in [2.75, 3.05) is 10.1 Å². The zero-order chi connectivity index (χ0) is 20.4. The predicted molar refractivity (Wildman–Crippen MR) is 107 cm³/mol. The SMILES string of the molecule is CC(=O)NCc1ccc(S(=O)(=O)N(c2ccccc2)[C@H]2C=CS(=O)(=O)C2)cc1. The Hall–Kier alpha value is -2.65. The van der Waals surface area contributed by atoms with Crippen LogP contribution in [0.15, 0.2) is 71.0 Å². The topological polar surface area (TPSA) is 101 Å². The van der Waals surface area contributed by atoms with Crippen LogP contribution in [-0.4, -0.2) is 34.5 Å². The average Bonchev–Trinajstić information content (AvgIpc) is 3.00. The summed E-state index contributed by atoms with van der Waals surface area (Å²) < 4.78 is 51.5. The molecule has 2 aromatic rings. The fraction of sp³-hybridized carbons (Fsp3) is 0.211. The molecule has 0 saturated carbocycles. The van der Waals surface area contributed by atoms with E-state index < -0.39 is 25.9 Å². The third kappa shape index (κ3) is 4.42. The van der Waals surface area contributed by atoms with Gasteiger partial charge in [-0.05, 0) is 35.9 Å². The second-order valence-corrected chi connectivity index (χ2v) is 10.2. The summed E-state index contributed by atoms with van der Waals surface area (Å²) in [7, 11) is -7.45. The van der Waals surface area contributed by atoms with E-state index in [1.54, 1.807) is 42.5 Å². The second-order valence-electron chi connectivity index (χ2n) is 6.42. The van der Waals surface area contributed by atoms with E-state index in [2.05, 4.69) is 5.32 Å². The molecule has 2 aromatic carbocycles. The van der Waals surface area contributed by atoms with E-state index >= 15 is 0 Å². The number of sulfonamides is 1. The number of rotatable bonds is 6. The molecule has 0 fully saturated rings. The highest BCUT2D eigenvalue weighted by molar-refractivity contribution is 7.95. The van der Waals surface area contributed by atoms with Gasteiger partial charge in [-0.2, -0.15) is 0 Å². The molecule has 3 rings (SSSR count). The number of hydrogen-bond acceptors (Lipinski definition) is 5. The smallest absolute Gasteiger partial charge is 0.264 e. The molecule has 1 aliphatic heterocycles. The van der Waals surface area contributed by atoms with Gasteiger partial charge in [0.05, 0.1) is 22.4 Å². The van der Waals surface area contributed by atoms with Crippen LogP contribution in [-0.2, 0) is 31.2 Å². The summed E-state index contributed by atoms with van der Waals surface area (Å²) >= 11 is 0. The van der Waals surface area contributed by atoms with Gasteiger partial charge in [0.1, 0.15) is 0 Å². The highest BCUT2D eigenvalue weighted by Gasteiger charge is 2.35. The number of benzene rings is 2. The van der Waals surface area contributed by atoms with Gasteiger partial charge in [-0.25, -0.2) is 16.8 Å². The molecule has 0 aliphatic carbocycles. The Labute approximate surface area is 164 Å². The Morgan fingerprint density at radius 3 is 2.29 bits per heavy atom. The van der Waals surface area contributed by atoms with Crippen LogP contribution >= 0.6 is 0 Å². The van der Waals surface area contributed by atoms with Crippen molar-refractivity contribution in [3.05, 3.63) is 71.6 Å². The highest BCUT2D eigenvalue weighted by atomic mass is 32.2. The van der Waals surface area contributed by atoms with Crippen molar-refractivity contribution in [2.24, 2.45) is 0 Å². The molecule has 0 saturated heterocycles. The molecule has 1 heterocycles. The Morgan fingerprint density at radius 2 is 1.75 bits per heavy atom. The third-order valence-electron chi connectivity index (χ3n) is 4.24. The van der Waals surface area contributed by atoms with Crippen molar-refractivity contribution < 1.29 is 21.6 Å². The van der Waals surface area contributed by atoms with Gasteiger partial charge in [-0.1, -0.05) is 30.3 Å². The maximum Gasteiger partial charge on any atom is 0.264 e. The molecule has 28 heavy (non-hydrogen) atoms. The molecule has 7 nitrogen and oxygen atoms in total. The molecular formula is C19H20N2O5S2. The van der Waals surface area contributed by atoms with Crippen molar-refractivity contribution in [2.45, 2.75) is 24.4 Å². The van der Waals surface area contributed by atoms with Gasteiger partial charge >= 0.3 is 0 Å². The molecule has 9 heteroatoms. The lowest BCUT2D eigenvalue weighted by molar-refractivity contribution is -0.119. The number of hydrogen-bond donors (Lipinski definition) is 1. The molecule has 1 N–H and O–H groups in total. The minimum atomic E-state index is -4.01. The van der Waals surface area contributed by atoms with Gasteiger partial charge in [0.15, 0.2) is 9.84 Å². The van der Waals surface area contributed by atoms with Crippen LogP contribution in [0.1, 0.15) is 12.5 Å². The van der Waals surface area contributed by atoms with E-state index in [1.807, 2.05) is 0 Å². The van der Waals surface area contributed by atoms with Crippen LogP contribution in [0.4, 0.5) is 5.69 Å². The third-order valence-corrected chi connectivity index (χ3v) is 7.49. The maximum absolute atomic E-state index is 13.3. The second kappa shape index (κ2) is 7.76. The summed E-state index contributed by atoms with van der Waals surface area (Å²) in [6.45, 7) is 1.70. The molecule has 1 aliphatic rings. The summed E-state index contributed by atoms with van der Waals surface area (Å²) in [4.78, 5) is 11.1. The number of amides is 1. The zero-order valence-electron chi connectivity index (χ0n) is 15.1. The molecule has 0 unspecified atom stereocenters. The summed E-state index contributed by atoms with van der Waals surface area (Å²) in [6, 6.07) is 13.7. The summed E-state index contributed by atoms with van der Waals surface area (Å²) in [5.74, 6) is -0.483. The lowest BCUT2D eigenvalue weighted by Gasteiger charge is -2.29. The standard InChI is InChI=1S/C19H20N2O5S2/c1-15(22)20-13-16-7-9-19(10-8-16)28(25,26)21(17-5-3-2-4-6-17)18-11-12-27(23,24)14-18/h2-12,18H,13-14H2,1H3,(H,20,22)/t18-/m0/s1. The van der Waals surface area contributed by atoms with E-state index in [0.29, 0.717) is 12.2 Å². The number of carbonyl (C=O) groups excluding carboxylic acids is 1. The van der Waals surface area contributed by atoms with Gasteiger partial charge < -0.3 is 5.32 Å². The van der Waals surface area contributed by atoms with Gasteiger partial charge in [-0.15, -0.1) is 0 Å². The Balaban J connectivity index is 1.97. The van der Waals surface area contributed by atoms with Crippen LogP contribution in [0.5, 0.6) is 0 Å². The lowest BCUT2D eigenvalue weighted by Crippen LogP contribution is -2.41. The van der Waals surface area contributed by atoms with Crippen LogP contribution in [0, 0.1) is 0 Å². The van der Waals surface area contributed by atoms with E-state index in [4.69, 9.17) is 0 Å². The lowest BCUT2D eigenvalue weighted by atomic mass is 10.2. The number of nitrogens with one attached hydrogen (secondary N) is 1. The number of anilines is 1. The molecule has 0 radical (unpaired) electrons. The molecular weight excluding hydrogens is 400 g/mol. The highest BCUT2D eigenvalue weighted by Crippen LogP contribution is 2.29. The van der Waals surface area contributed by atoms with E-state index in [-0.39, 0.29) is 16.6 Å². The fourth-order valence-electron chi connectivity index (χ4n) is 2.91. The minimum absolute atomic E-state index is 0.0422. The van der Waals surface area contributed by atoms with Crippen LogP contribution in [0.2, 0.25) is 0 Å². The van der Waals surface area contributed by atoms with Gasteiger partial charge in [0, 0.05) is 18.9 Å². The normalized spacial score (nSPS) is 18.0. The maximum atomic E-state index is 13.3. The Bertz CT molecular complexity index is 1090. The van der Waals surface area contributed by atoms with E-state index in [9.17, 15) is 21.6 Å². The van der Waals surface area contributed by atoms with Crippen molar-refractivity contribution in [1.29, 1.82) is 0 Å². The monoisotopic (exact) mass is 420 g/mol. The fourth-order valence-corrected chi connectivity index (χ4v) is 5.88. The van der Waals surface area contributed by atoms with E-state index in [1.165, 1.54) is 25.1 Å². The van der Waals surface area contributed by atoms with Crippen LogP contribution < -0.4 is 9.62 Å². The van der Waals surface area contributed by atoms with Crippen LogP contribution in [0.3, 0.4) is 0 Å². The van der Waals surface area contributed by atoms with Crippen molar-refractivity contribution in [3.8, 4) is 0 Å². The van der Waals surface area contributed by atoms with E-state index in [0.717, 1.165) is 15.3 Å². The first-order chi connectivity index (χ1) is 13.2. The van der Waals surface area contributed by atoms with Crippen molar-refractivity contribution >= 4 is 31.5 Å². The largest absolute Gasteiger partial charge is 0.352 e. The Morgan fingerprint density at radius 1 is 1.11 bits per heavy atom. The molecule has 1 atom stereocenters. The predicted octanol–water partition coefficient (Wildman–Crippen LogP) is 1.83. The van der Waals surface area contributed by atoms with Gasteiger partial charge in [0.25, 0.3) is 10.0 Å². The number of carbonyl (C=O) groups is 1. The molecule has 0 bridgehead atoms. The molecule has 148 valence electrons. The average molecular weight is 421 g/mol. The number of para-hydroxylation sites is 1. The van der Waals surface area contributed by atoms with Crippen molar-refractivity contribution in [3.63, 3.8) is 0 Å². The quantitative estimate of drug-likeness (QED) is 0.768. The number of nitrogens with zero attached hydrogens (tertiary/aromatic N) is 1. The van der Waals surface area contributed by atoms with Gasteiger partial charge in [-0.3, -0.25) is 9.10 Å². The zero-order valence-corrected chi connectivity index (χ0v) is 16.8. The summed E-state index contributed by atoms with van der Waals surface area (Å²) in [6.07, 6.45) is 1.39. The minimum Gasteiger partial charge on any atom is -0.352 e. The first kappa shape index (κ1) is 20.1. The first-order valence-electron chi connectivity index (χ1n) is 8.53. The number of sulfone groups is 1. The first-order valence-corrected chi connectivity index (χ1v) is 11.7. The Kier molecular flexibility index (Phi) is 5.57. The summed E-state index contributed by atoms with van der Waals surface area (Å²) in [5, 5.41) is 3.70. The summed E-state index contributed by atoms with van der Waals surface area (Å²) in [5.41, 5.74) is 1.14. The molecule has 1 amide bonds.